The van der Waals surface area contributed by atoms with Gasteiger partial charge < -0.3 is 36.4 Å². The Bertz CT molecular complexity index is 1390. The molecule has 1 saturated carbocycles. The van der Waals surface area contributed by atoms with Crippen LogP contribution < -0.4 is 16.4 Å². The molecule has 0 aromatic heterocycles. The summed E-state index contributed by atoms with van der Waals surface area (Å²) >= 11 is 0. The minimum atomic E-state index is -1.36. The van der Waals surface area contributed by atoms with E-state index in [0.29, 0.717) is 51.7 Å². The lowest BCUT2D eigenvalue weighted by Crippen LogP contribution is -2.58. The molecule has 11 nitrogen and oxygen atoms in total. The van der Waals surface area contributed by atoms with E-state index in [2.05, 4.69) is 10.6 Å². The first-order chi connectivity index (χ1) is 21.7. The van der Waals surface area contributed by atoms with Crippen molar-refractivity contribution in [2.24, 2.45) is 11.7 Å². The Morgan fingerprint density at radius 1 is 0.978 bits per heavy atom. The van der Waals surface area contributed by atoms with E-state index in [4.69, 9.17) is 11.1 Å². The summed E-state index contributed by atoms with van der Waals surface area (Å²) in [5.41, 5.74) is 8.31. The molecule has 45 heavy (non-hydrogen) atoms. The number of fused-ring (bicyclic) bond motifs is 1. The van der Waals surface area contributed by atoms with E-state index in [1.165, 1.54) is 0 Å². The molecule has 7 N–H and O–H groups in total. The van der Waals surface area contributed by atoms with Crippen LogP contribution in [0.3, 0.4) is 0 Å². The van der Waals surface area contributed by atoms with E-state index in [9.17, 15) is 24.6 Å². The molecule has 2 fully saturated rings. The third-order valence-electron chi connectivity index (χ3n) is 9.26. The third-order valence-corrected chi connectivity index (χ3v) is 9.26. The van der Waals surface area contributed by atoms with E-state index in [-0.39, 0.29) is 36.7 Å². The summed E-state index contributed by atoms with van der Waals surface area (Å²) in [6.45, 7) is 1.50. The minimum Gasteiger partial charge on any atom is -0.393 e. The molecule has 1 saturated heterocycles. The highest BCUT2D eigenvalue weighted by Crippen LogP contribution is 2.40. The topological polar surface area (TPSA) is 172 Å². The van der Waals surface area contributed by atoms with Gasteiger partial charge in [-0.25, -0.2) is 0 Å². The summed E-state index contributed by atoms with van der Waals surface area (Å²) in [7, 11) is 0. The molecule has 2 heterocycles. The largest absolute Gasteiger partial charge is 0.393 e. The van der Waals surface area contributed by atoms with Gasteiger partial charge in [0, 0.05) is 38.5 Å². The molecule has 0 spiro atoms. The molecule has 2 aliphatic heterocycles. The van der Waals surface area contributed by atoms with E-state index in [1.807, 2.05) is 66.7 Å². The van der Waals surface area contributed by atoms with Gasteiger partial charge in [-0.3, -0.25) is 19.8 Å². The van der Waals surface area contributed by atoms with Gasteiger partial charge in [0.15, 0.2) is 5.96 Å². The van der Waals surface area contributed by atoms with E-state index < -0.39 is 36.1 Å². The molecular weight excluding hydrogens is 572 g/mol. The summed E-state index contributed by atoms with van der Waals surface area (Å²) in [5, 5.41) is 34.8. The number of nitrogens with zero attached hydrogens (tertiary/aromatic N) is 2. The number of hydrogen-bond donors (Lipinski definition) is 6. The zero-order valence-electron chi connectivity index (χ0n) is 25.5. The smallest absolute Gasteiger partial charge is 0.249 e. The number of hydrogen-bond acceptors (Lipinski definition) is 6. The van der Waals surface area contributed by atoms with Crippen LogP contribution in [0.1, 0.15) is 43.2 Å². The Labute approximate surface area is 264 Å². The maximum atomic E-state index is 14.4. The zero-order chi connectivity index (χ0) is 31.9. The number of nitrogens with two attached hydrogens (primary N) is 1. The van der Waals surface area contributed by atoms with Gasteiger partial charge in [0.25, 0.3) is 0 Å². The monoisotopic (exact) mass is 616 g/mol. The second-order valence-electron chi connectivity index (χ2n) is 12.4. The van der Waals surface area contributed by atoms with Gasteiger partial charge in [0.05, 0.1) is 6.10 Å². The Kier molecular flexibility index (Phi) is 10.5. The Balaban J connectivity index is 1.32. The summed E-state index contributed by atoms with van der Waals surface area (Å²) < 4.78 is 0. The first kappa shape index (κ1) is 32.2. The van der Waals surface area contributed by atoms with Crippen LogP contribution in [0.4, 0.5) is 0 Å². The fraction of sp³-hybridized carbons (Fsp3) is 0.471. The van der Waals surface area contributed by atoms with Crippen LogP contribution >= 0.6 is 0 Å². The maximum absolute atomic E-state index is 14.4. The highest BCUT2D eigenvalue weighted by atomic mass is 16.3. The number of carbonyl (C=O) groups excluding carboxylic acids is 3. The van der Waals surface area contributed by atoms with Crippen molar-refractivity contribution in [2.45, 2.75) is 75.3 Å². The lowest BCUT2D eigenvalue weighted by Gasteiger charge is -2.37. The van der Waals surface area contributed by atoms with Gasteiger partial charge in [-0.15, -0.1) is 0 Å². The van der Waals surface area contributed by atoms with Crippen molar-refractivity contribution in [3.8, 4) is 0 Å². The minimum absolute atomic E-state index is 0.0138. The highest BCUT2D eigenvalue weighted by molar-refractivity contribution is 5.94. The Morgan fingerprint density at radius 2 is 1.64 bits per heavy atom. The molecule has 3 aliphatic rings. The van der Waals surface area contributed by atoms with Crippen LogP contribution in [0, 0.1) is 11.3 Å². The van der Waals surface area contributed by atoms with Gasteiger partial charge in [-0.05, 0) is 49.1 Å². The standard InChI is InChI=1S/C34H44N6O5/c35-34(36)39-16-14-24(21-39)13-15-37-31(43)29-19-25-11-12-26(41)20-28(25)40(29)33(45)27(17-22-7-3-1-4-8-22)38-32(44)30(42)18-23-9-5-2-6-10-23/h1-10,14,25-30,41-42H,11-13,15-21H2,(H3,35,36)(H,37,43)(H,38,44)/t25-,26+,27?,28-,29-,30+/m0/s1. The second kappa shape index (κ2) is 14.7. The van der Waals surface area contributed by atoms with Crippen LogP contribution in [0.5, 0.6) is 0 Å². The van der Waals surface area contributed by atoms with Crippen molar-refractivity contribution in [3.63, 3.8) is 0 Å². The maximum Gasteiger partial charge on any atom is 0.249 e. The number of carbonyl (C=O) groups is 3. The number of aliphatic hydroxyl groups is 2. The number of amides is 3. The average Bonchev–Trinajstić information content (AvgIpc) is 3.66. The number of nitrogens with one attached hydrogen (secondary N) is 3. The Morgan fingerprint density at radius 3 is 2.29 bits per heavy atom. The second-order valence-corrected chi connectivity index (χ2v) is 12.4. The van der Waals surface area contributed by atoms with Crippen LogP contribution in [0.2, 0.25) is 0 Å². The van der Waals surface area contributed by atoms with Crippen LogP contribution in [-0.2, 0) is 27.2 Å². The summed E-state index contributed by atoms with van der Waals surface area (Å²) in [5.74, 6) is -1.23. The predicted molar refractivity (Wildman–Crippen MR) is 170 cm³/mol. The summed E-state index contributed by atoms with van der Waals surface area (Å²) in [4.78, 5) is 44.7. The molecule has 2 aromatic carbocycles. The molecule has 2 aromatic rings. The number of aliphatic hydroxyl groups excluding tert-OH is 2. The Hall–Kier alpha value is -4.22. The van der Waals surface area contributed by atoms with E-state index in [0.717, 1.165) is 16.7 Å². The first-order valence-electron chi connectivity index (χ1n) is 15.8. The van der Waals surface area contributed by atoms with Crippen molar-refractivity contribution in [1.29, 1.82) is 5.41 Å². The predicted octanol–water partition coefficient (Wildman–Crippen LogP) is 1.09. The van der Waals surface area contributed by atoms with Gasteiger partial charge in [0.1, 0.15) is 18.2 Å². The number of guanidine groups is 1. The van der Waals surface area contributed by atoms with Gasteiger partial charge in [0.2, 0.25) is 17.7 Å². The molecule has 1 aliphatic carbocycles. The summed E-state index contributed by atoms with van der Waals surface area (Å²) in [6, 6.07) is 16.4. The molecule has 3 amide bonds. The highest BCUT2D eigenvalue weighted by Gasteiger charge is 2.50. The lowest BCUT2D eigenvalue weighted by molar-refractivity contribution is -0.145. The van der Waals surface area contributed by atoms with Gasteiger partial charge in [-0.1, -0.05) is 72.3 Å². The van der Waals surface area contributed by atoms with Crippen molar-refractivity contribution < 1.29 is 24.6 Å². The molecule has 0 radical (unpaired) electrons. The quantitative estimate of drug-likeness (QED) is 0.125. The first-order valence-corrected chi connectivity index (χ1v) is 15.8. The van der Waals surface area contributed by atoms with E-state index in [1.54, 1.807) is 9.80 Å². The average molecular weight is 617 g/mol. The molecule has 11 heteroatoms. The van der Waals surface area contributed by atoms with Crippen LogP contribution in [-0.4, -0.2) is 93.7 Å². The van der Waals surface area contributed by atoms with Crippen molar-refractivity contribution >= 4 is 23.7 Å². The van der Waals surface area contributed by atoms with Crippen molar-refractivity contribution in [1.82, 2.24) is 20.4 Å². The molecule has 5 rings (SSSR count). The number of benzene rings is 2. The number of likely N-dealkylation sites (tertiary alicyclic amines) is 1. The SMILES string of the molecule is N=C(N)N1CC=C(CCNC(=O)[C@@H]2C[C@@H]3CC[C@@H](O)C[C@@H]3N2C(=O)C(Cc2ccccc2)NC(=O)[C@H](O)Cc2ccccc2)C1. The molecular formula is C34H44N6O5. The lowest BCUT2D eigenvalue weighted by atomic mass is 9.83. The van der Waals surface area contributed by atoms with Crippen LogP contribution in [0.25, 0.3) is 0 Å². The molecule has 0 bridgehead atoms. The molecule has 240 valence electrons. The fourth-order valence-electron chi connectivity index (χ4n) is 6.86. The van der Waals surface area contributed by atoms with Crippen molar-refractivity contribution in [3.05, 3.63) is 83.4 Å². The van der Waals surface area contributed by atoms with Gasteiger partial charge >= 0.3 is 0 Å². The third kappa shape index (κ3) is 8.09. The zero-order valence-corrected chi connectivity index (χ0v) is 25.5. The summed E-state index contributed by atoms with van der Waals surface area (Å²) in [6.07, 6.45) is 3.16. The van der Waals surface area contributed by atoms with Crippen molar-refractivity contribution in [2.75, 3.05) is 19.6 Å². The van der Waals surface area contributed by atoms with E-state index >= 15 is 0 Å². The molecule has 6 atom stereocenters. The van der Waals surface area contributed by atoms with Gasteiger partial charge in [-0.2, -0.15) is 0 Å². The van der Waals surface area contributed by atoms with Crippen LogP contribution in [0.15, 0.2) is 72.3 Å². The fourth-order valence-corrected chi connectivity index (χ4v) is 6.86. The molecule has 1 unspecified atom stereocenters. The normalized spacial score (nSPS) is 23.9. The number of rotatable bonds is 11.